The highest BCUT2D eigenvalue weighted by molar-refractivity contribution is 6.12. The number of allylic oxidation sites excluding steroid dienone is 2. The van der Waals surface area contributed by atoms with E-state index in [4.69, 9.17) is 17.2 Å². The standard InChI is InChI=1S/C19H19N3O3/c20-14-7-5-12(6-8-14)17(23)16-4-2-1-3-15(16)13-9-10-18(21,22)19(24,25)11-13/h1-11,24-25H,20-22H2. The maximum atomic E-state index is 12.8. The molecule has 6 heteroatoms. The normalized spacial score (nSPS) is 17.8. The van der Waals surface area contributed by atoms with Crippen LogP contribution in [-0.2, 0) is 0 Å². The van der Waals surface area contributed by atoms with E-state index in [0.717, 1.165) is 6.08 Å². The number of rotatable bonds is 3. The van der Waals surface area contributed by atoms with Gasteiger partial charge in [-0.25, -0.2) is 0 Å². The molecular weight excluding hydrogens is 318 g/mol. The second kappa shape index (κ2) is 5.94. The SMILES string of the molecule is Nc1ccc(C(=O)c2ccccc2C2=CC(O)(O)C(N)(N)C=C2)cc1. The maximum absolute atomic E-state index is 12.8. The van der Waals surface area contributed by atoms with Crippen LogP contribution in [0.2, 0.25) is 0 Å². The van der Waals surface area contributed by atoms with Crippen molar-refractivity contribution < 1.29 is 15.0 Å². The topological polar surface area (TPSA) is 136 Å². The summed E-state index contributed by atoms with van der Waals surface area (Å²) in [6.45, 7) is 0. The largest absolute Gasteiger partial charge is 0.399 e. The highest BCUT2D eigenvalue weighted by atomic mass is 16.5. The Kier molecular flexibility index (Phi) is 4.06. The summed E-state index contributed by atoms with van der Waals surface area (Å²) in [6.07, 6.45) is 4.01. The lowest BCUT2D eigenvalue weighted by Gasteiger charge is -2.36. The van der Waals surface area contributed by atoms with Crippen LogP contribution in [0.1, 0.15) is 21.5 Å². The fourth-order valence-electron chi connectivity index (χ4n) is 2.63. The second-order valence-electron chi connectivity index (χ2n) is 6.09. The molecule has 8 N–H and O–H groups in total. The smallest absolute Gasteiger partial charge is 0.219 e. The molecule has 0 heterocycles. The molecule has 2 aromatic rings. The third-order valence-corrected chi connectivity index (χ3v) is 4.19. The van der Waals surface area contributed by atoms with Gasteiger partial charge in [0.2, 0.25) is 5.79 Å². The highest BCUT2D eigenvalue weighted by Gasteiger charge is 2.42. The van der Waals surface area contributed by atoms with E-state index in [1.807, 2.05) is 0 Å². The van der Waals surface area contributed by atoms with E-state index in [2.05, 4.69) is 0 Å². The van der Waals surface area contributed by atoms with E-state index in [1.165, 1.54) is 6.08 Å². The van der Waals surface area contributed by atoms with Gasteiger partial charge in [0.05, 0.1) is 0 Å². The summed E-state index contributed by atoms with van der Waals surface area (Å²) >= 11 is 0. The van der Waals surface area contributed by atoms with Crippen molar-refractivity contribution in [2.45, 2.75) is 11.4 Å². The van der Waals surface area contributed by atoms with Gasteiger partial charge < -0.3 is 27.4 Å². The van der Waals surface area contributed by atoms with Crippen LogP contribution in [0, 0.1) is 0 Å². The van der Waals surface area contributed by atoms with Crippen LogP contribution in [0.25, 0.3) is 5.57 Å². The molecule has 0 aromatic heterocycles. The van der Waals surface area contributed by atoms with Crippen molar-refractivity contribution in [3.8, 4) is 0 Å². The van der Waals surface area contributed by atoms with Gasteiger partial charge in [0.15, 0.2) is 5.78 Å². The average Bonchev–Trinajstić information content (AvgIpc) is 2.57. The van der Waals surface area contributed by atoms with Gasteiger partial charge in [0.25, 0.3) is 0 Å². The molecule has 1 aliphatic carbocycles. The van der Waals surface area contributed by atoms with Gasteiger partial charge in [0.1, 0.15) is 5.66 Å². The summed E-state index contributed by atoms with van der Waals surface area (Å²) in [7, 11) is 0. The summed E-state index contributed by atoms with van der Waals surface area (Å²) in [4.78, 5) is 12.8. The zero-order valence-electron chi connectivity index (χ0n) is 13.4. The first-order valence-electron chi connectivity index (χ1n) is 7.65. The van der Waals surface area contributed by atoms with Crippen molar-refractivity contribution in [2.24, 2.45) is 11.5 Å². The first-order chi connectivity index (χ1) is 11.7. The molecule has 0 fully saturated rings. The van der Waals surface area contributed by atoms with Crippen LogP contribution in [0.4, 0.5) is 5.69 Å². The monoisotopic (exact) mass is 337 g/mol. The van der Waals surface area contributed by atoms with Crippen molar-refractivity contribution in [1.29, 1.82) is 0 Å². The first kappa shape index (κ1) is 17.1. The number of anilines is 1. The number of hydrogen-bond acceptors (Lipinski definition) is 6. The summed E-state index contributed by atoms with van der Waals surface area (Å²) < 4.78 is 0. The summed E-state index contributed by atoms with van der Waals surface area (Å²) in [5.74, 6) is -2.64. The molecule has 0 aliphatic heterocycles. The van der Waals surface area contributed by atoms with Crippen molar-refractivity contribution in [3.05, 3.63) is 83.4 Å². The van der Waals surface area contributed by atoms with Crippen LogP contribution in [0.15, 0.2) is 66.8 Å². The number of nitrogens with two attached hydrogens (primary N) is 3. The van der Waals surface area contributed by atoms with Crippen LogP contribution >= 0.6 is 0 Å². The zero-order valence-corrected chi connectivity index (χ0v) is 13.4. The highest BCUT2D eigenvalue weighted by Crippen LogP contribution is 2.31. The van der Waals surface area contributed by atoms with Gasteiger partial charge in [-0.3, -0.25) is 4.79 Å². The second-order valence-corrected chi connectivity index (χ2v) is 6.09. The minimum Gasteiger partial charge on any atom is -0.399 e. The quantitative estimate of drug-likeness (QED) is 0.318. The van der Waals surface area contributed by atoms with Gasteiger partial charge in [-0.05, 0) is 47.6 Å². The fraction of sp³-hybridized carbons (Fsp3) is 0.105. The Balaban J connectivity index is 2.06. The van der Waals surface area contributed by atoms with Crippen molar-refractivity contribution in [3.63, 3.8) is 0 Å². The molecule has 128 valence electrons. The lowest BCUT2D eigenvalue weighted by atomic mass is 9.86. The number of aliphatic hydroxyl groups is 2. The average molecular weight is 337 g/mol. The number of benzene rings is 2. The van der Waals surface area contributed by atoms with E-state index in [9.17, 15) is 15.0 Å². The molecule has 3 rings (SSSR count). The Morgan fingerprint density at radius 2 is 1.60 bits per heavy atom. The molecule has 0 amide bonds. The minimum atomic E-state index is -2.44. The van der Waals surface area contributed by atoms with Crippen LogP contribution < -0.4 is 17.2 Å². The molecule has 6 nitrogen and oxygen atoms in total. The van der Waals surface area contributed by atoms with E-state index < -0.39 is 11.4 Å². The maximum Gasteiger partial charge on any atom is 0.219 e. The van der Waals surface area contributed by atoms with Crippen molar-refractivity contribution in [1.82, 2.24) is 0 Å². The van der Waals surface area contributed by atoms with Crippen LogP contribution in [-0.4, -0.2) is 27.4 Å². The lowest BCUT2D eigenvalue weighted by Crippen LogP contribution is -2.65. The summed E-state index contributed by atoms with van der Waals surface area (Å²) in [6, 6.07) is 13.5. The van der Waals surface area contributed by atoms with E-state index in [-0.39, 0.29) is 5.78 Å². The van der Waals surface area contributed by atoms with Gasteiger partial charge in [-0.15, -0.1) is 0 Å². The Morgan fingerprint density at radius 1 is 0.960 bits per heavy atom. The molecule has 0 unspecified atom stereocenters. The summed E-state index contributed by atoms with van der Waals surface area (Å²) in [5.41, 5.74) is 17.6. The third-order valence-electron chi connectivity index (χ3n) is 4.19. The van der Waals surface area contributed by atoms with Gasteiger partial charge >= 0.3 is 0 Å². The number of hydrogen-bond donors (Lipinski definition) is 5. The number of ketones is 1. The molecule has 0 atom stereocenters. The Hall–Kier alpha value is -2.77. The van der Waals surface area contributed by atoms with Gasteiger partial charge in [-0.2, -0.15) is 0 Å². The molecule has 0 bridgehead atoms. The Morgan fingerprint density at radius 3 is 2.24 bits per heavy atom. The molecule has 0 saturated heterocycles. The third kappa shape index (κ3) is 3.11. The molecular formula is C19H19N3O3. The lowest BCUT2D eigenvalue weighted by molar-refractivity contribution is -0.156. The van der Waals surface area contributed by atoms with Crippen LogP contribution in [0.5, 0.6) is 0 Å². The Bertz CT molecular complexity index is 881. The molecule has 0 saturated carbocycles. The predicted octanol–water partition coefficient (Wildman–Crippen LogP) is 0.748. The van der Waals surface area contributed by atoms with E-state index in [0.29, 0.717) is 28.0 Å². The summed E-state index contributed by atoms with van der Waals surface area (Å²) in [5, 5.41) is 20.2. The fourth-order valence-corrected chi connectivity index (χ4v) is 2.63. The number of carbonyl (C=O) groups excluding carboxylic acids is 1. The Labute approximate surface area is 144 Å². The minimum absolute atomic E-state index is 0.205. The zero-order chi connectivity index (χ0) is 18.2. The molecule has 0 radical (unpaired) electrons. The van der Waals surface area contributed by atoms with Gasteiger partial charge in [0, 0.05) is 16.8 Å². The van der Waals surface area contributed by atoms with Crippen molar-refractivity contribution >= 4 is 17.0 Å². The molecule has 25 heavy (non-hydrogen) atoms. The first-order valence-corrected chi connectivity index (χ1v) is 7.65. The predicted molar refractivity (Wildman–Crippen MR) is 96.1 cm³/mol. The molecule has 0 spiro atoms. The number of nitrogen functional groups attached to an aromatic ring is 1. The van der Waals surface area contributed by atoms with Crippen molar-refractivity contribution in [2.75, 3.05) is 5.73 Å². The molecule has 2 aromatic carbocycles. The van der Waals surface area contributed by atoms with E-state index in [1.54, 1.807) is 54.6 Å². The molecule has 1 aliphatic rings. The van der Waals surface area contributed by atoms with Crippen LogP contribution in [0.3, 0.4) is 0 Å². The van der Waals surface area contributed by atoms with E-state index >= 15 is 0 Å². The number of carbonyl (C=O) groups is 1. The van der Waals surface area contributed by atoms with Gasteiger partial charge in [-0.1, -0.05) is 30.3 Å².